The highest BCUT2D eigenvalue weighted by molar-refractivity contribution is 6.35. The van der Waals surface area contributed by atoms with Crippen LogP contribution in [-0.4, -0.2) is 9.67 Å². The first-order valence-electron chi connectivity index (χ1n) is 5.29. The zero-order valence-corrected chi connectivity index (χ0v) is 11.4. The average Bonchev–Trinajstić information content (AvgIpc) is 2.29. The molecule has 1 heterocycles. The Labute approximate surface area is 114 Å². The van der Waals surface area contributed by atoms with E-state index in [1.54, 1.807) is 26.0 Å². The number of halogens is 2. The number of nitrogens with zero attached hydrogens (tertiary/aromatic N) is 1. The predicted molar refractivity (Wildman–Crippen MR) is 73.2 cm³/mol. The minimum Gasteiger partial charge on any atom is -0.494 e. The molecule has 94 valence electrons. The van der Waals surface area contributed by atoms with Crippen LogP contribution < -0.4 is 5.56 Å². The first-order valence-corrected chi connectivity index (χ1v) is 6.05. The molecule has 0 fully saturated rings. The van der Waals surface area contributed by atoms with Crippen LogP contribution in [0.4, 0.5) is 0 Å². The van der Waals surface area contributed by atoms with E-state index >= 15 is 0 Å². The van der Waals surface area contributed by atoms with Gasteiger partial charge in [0.2, 0.25) is 5.88 Å². The second-order valence-electron chi connectivity index (χ2n) is 4.05. The smallest absolute Gasteiger partial charge is 0.258 e. The largest absolute Gasteiger partial charge is 0.494 e. The molecule has 5 heteroatoms. The highest BCUT2D eigenvalue weighted by Gasteiger charge is 2.13. The summed E-state index contributed by atoms with van der Waals surface area (Å²) in [4.78, 5) is 12.0. The summed E-state index contributed by atoms with van der Waals surface area (Å²) in [7, 11) is 0. The lowest BCUT2D eigenvalue weighted by atomic mass is 10.1. The number of benzene rings is 1. The van der Waals surface area contributed by atoms with Crippen LogP contribution in [0.1, 0.15) is 11.1 Å². The molecule has 0 spiro atoms. The highest BCUT2D eigenvalue weighted by Crippen LogP contribution is 2.28. The molecule has 0 amide bonds. The number of hydrogen-bond donors (Lipinski definition) is 1. The molecule has 0 aliphatic carbocycles. The molecular formula is C13H11Cl2NO2. The molecule has 2 rings (SSSR count). The van der Waals surface area contributed by atoms with Gasteiger partial charge in [-0.05, 0) is 37.6 Å². The first-order chi connectivity index (χ1) is 8.41. The van der Waals surface area contributed by atoms with Crippen molar-refractivity contribution >= 4 is 23.2 Å². The van der Waals surface area contributed by atoms with Crippen LogP contribution in [-0.2, 0) is 0 Å². The standard InChI is InChI=1S/C13H11Cl2NO2/c1-7-5-12(17)16(13(18)8(7)2)11-4-3-9(14)6-10(11)15/h3-6,18H,1-2H3. The average molecular weight is 284 g/mol. The van der Waals surface area contributed by atoms with Crippen LogP contribution in [0.3, 0.4) is 0 Å². The molecule has 0 saturated carbocycles. The molecule has 3 nitrogen and oxygen atoms in total. The Balaban J connectivity index is 2.79. The highest BCUT2D eigenvalue weighted by atomic mass is 35.5. The van der Waals surface area contributed by atoms with E-state index in [4.69, 9.17) is 23.2 Å². The van der Waals surface area contributed by atoms with Gasteiger partial charge in [0.15, 0.2) is 0 Å². The molecular weight excluding hydrogens is 273 g/mol. The van der Waals surface area contributed by atoms with Crippen molar-refractivity contribution in [2.24, 2.45) is 0 Å². The Morgan fingerprint density at radius 2 is 1.83 bits per heavy atom. The van der Waals surface area contributed by atoms with Gasteiger partial charge in [0, 0.05) is 16.7 Å². The quantitative estimate of drug-likeness (QED) is 0.871. The Hall–Kier alpha value is -1.45. The zero-order valence-electron chi connectivity index (χ0n) is 9.87. The van der Waals surface area contributed by atoms with Crippen molar-refractivity contribution < 1.29 is 5.11 Å². The van der Waals surface area contributed by atoms with Gasteiger partial charge < -0.3 is 5.11 Å². The minimum absolute atomic E-state index is 0.107. The Morgan fingerprint density at radius 1 is 1.17 bits per heavy atom. The number of hydrogen-bond acceptors (Lipinski definition) is 2. The summed E-state index contributed by atoms with van der Waals surface area (Å²) in [5.74, 6) is -0.107. The molecule has 1 N–H and O–H groups in total. The monoisotopic (exact) mass is 283 g/mol. The Morgan fingerprint density at radius 3 is 2.44 bits per heavy atom. The van der Waals surface area contributed by atoms with Gasteiger partial charge in [-0.1, -0.05) is 23.2 Å². The fourth-order valence-electron chi connectivity index (χ4n) is 1.70. The second kappa shape index (κ2) is 4.67. The normalized spacial score (nSPS) is 10.7. The Bertz CT molecular complexity index is 677. The number of aromatic nitrogens is 1. The molecule has 0 radical (unpaired) electrons. The van der Waals surface area contributed by atoms with Crippen molar-refractivity contribution in [3.63, 3.8) is 0 Å². The third kappa shape index (κ3) is 2.11. The van der Waals surface area contributed by atoms with Crippen molar-refractivity contribution in [2.45, 2.75) is 13.8 Å². The van der Waals surface area contributed by atoms with Gasteiger partial charge in [-0.3, -0.25) is 4.79 Å². The van der Waals surface area contributed by atoms with E-state index in [9.17, 15) is 9.90 Å². The minimum atomic E-state index is -0.333. The number of aryl methyl sites for hydroxylation is 1. The Kier molecular flexibility index (Phi) is 3.37. The van der Waals surface area contributed by atoms with Crippen molar-refractivity contribution in [1.29, 1.82) is 0 Å². The van der Waals surface area contributed by atoms with Crippen LogP contribution in [0.15, 0.2) is 29.1 Å². The lowest BCUT2D eigenvalue weighted by Gasteiger charge is -2.13. The molecule has 18 heavy (non-hydrogen) atoms. The molecule has 0 bridgehead atoms. The fraction of sp³-hybridized carbons (Fsp3) is 0.154. The topological polar surface area (TPSA) is 42.2 Å². The van der Waals surface area contributed by atoms with Gasteiger partial charge >= 0.3 is 0 Å². The van der Waals surface area contributed by atoms with Gasteiger partial charge in [0.05, 0.1) is 10.7 Å². The van der Waals surface area contributed by atoms with Crippen molar-refractivity contribution in [1.82, 2.24) is 4.57 Å². The number of pyridine rings is 1. The predicted octanol–water partition coefficient (Wildman–Crippen LogP) is 3.47. The van der Waals surface area contributed by atoms with E-state index in [0.29, 0.717) is 21.3 Å². The van der Waals surface area contributed by atoms with E-state index in [-0.39, 0.29) is 11.4 Å². The van der Waals surface area contributed by atoms with Gasteiger partial charge in [-0.15, -0.1) is 0 Å². The third-order valence-electron chi connectivity index (χ3n) is 2.85. The van der Waals surface area contributed by atoms with E-state index in [1.165, 1.54) is 16.7 Å². The maximum absolute atomic E-state index is 12.0. The molecule has 1 aromatic heterocycles. The van der Waals surface area contributed by atoms with Crippen molar-refractivity contribution in [3.05, 3.63) is 55.8 Å². The maximum Gasteiger partial charge on any atom is 0.258 e. The molecule has 0 aliphatic rings. The van der Waals surface area contributed by atoms with Crippen LogP contribution in [0.2, 0.25) is 10.0 Å². The summed E-state index contributed by atoms with van der Waals surface area (Å²) in [5, 5.41) is 10.9. The molecule has 2 aromatic rings. The third-order valence-corrected chi connectivity index (χ3v) is 3.39. The molecule has 1 aromatic carbocycles. The SMILES string of the molecule is Cc1cc(=O)n(-c2ccc(Cl)cc2Cl)c(O)c1C. The number of rotatable bonds is 1. The van der Waals surface area contributed by atoms with Crippen molar-refractivity contribution in [3.8, 4) is 11.6 Å². The van der Waals surface area contributed by atoms with Crippen LogP contribution in [0.5, 0.6) is 5.88 Å². The second-order valence-corrected chi connectivity index (χ2v) is 4.89. The molecule has 0 aliphatic heterocycles. The van der Waals surface area contributed by atoms with Gasteiger partial charge in [-0.2, -0.15) is 0 Å². The summed E-state index contributed by atoms with van der Waals surface area (Å²) < 4.78 is 1.17. The molecule has 0 atom stereocenters. The maximum atomic E-state index is 12.0. The van der Waals surface area contributed by atoms with Gasteiger partial charge in [0.1, 0.15) is 0 Å². The summed E-state index contributed by atoms with van der Waals surface area (Å²) in [6, 6.07) is 6.20. The summed E-state index contributed by atoms with van der Waals surface area (Å²) in [5.41, 5.74) is 1.45. The summed E-state index contributed by atoms with van der Waals surface area (Å²) in [6.45, 7) is 3.51. The van der Waals surface area contributed by atoms with Gasteiger partial charge in [-0.25, -0.2) is 4.57 Å². The van der Waals surface area contributed by atoms with Crippen LogP contribution in [0.25, 0.3) is 5.69 Å². The molecule has 0 saturated heterocycles. The van der Waals surface area contributed by atoms with Crippen LogP contribution >= 0.6 is 23.2 Å². The van der Waals surface area contributed by atoms with E-state index in [1.807, 2.05) is 0 Å². The number of aromatic hydroxyl groups is 1. The lowest BCUT2D eigenvalue weighted by molar-refractivity contribution is 0.430. The van der Waals surface area contributed by atoms with Crippen molar-refractivity contribution in [2.75, 3.05) is 0 Å². The zero-order chi connectivity index (χ0) is 13.4. The first kappa shape index (κ1) is 13.0. The van der Waals surface area contributed by atoms with Gasteiger partial charge in [0.25, 0.3) is 5.56 Å². The van der Waals surface area contributed by atoms with Crippen LogP contribution in [0, 0.1) is 13.8 Å². The van der Waals surface area contributed by atoms with E-state index in [0.717, 1.165) is 5.56 Å². The summed E-state index contributed by atoms with van der Waals surface area (Å²) >= 11 is 11.9. The lowest BCUT2D eigenvalue weighted by Crippen LogP contribution is -2.19. The van der Waals surface area contributed by atoms with E-state index < -0.39 is 0 Å². The molecule has 0 unspecified atom stereocenters. The summed E-state index contributed by atoms with van der Waals surface area (Å²) in [6.07, 6.45) is 0. The van der Waals surface area contributed by atoms with E-state index in [2.05, 4.69) is 0 Å². The fourth-order valence-corrected chi connectivity index (χ4v) is 2.19.